The minimum absolute atomic E-state index is 0.352. The molecule has 0 spiro atoms. The molecule has 0 aliphatic heterocycles. The van der Waals surface area contributed by atoms with E-state index in [0.29, 0.717) is 22.4 Å². The summed E-state index contributed by atoms with van der Waals surface area (Å²) >= 11 is 11.5. The van der Waals surface area contributed by atoms with E-state index in [1.54, 1.807) is 36.8 Å². The molecule has 0 aromatic carbocycles. The maximum Gasteiger partial charge on any atom is 0.147 e. The third kappa shape index (κ3) is 2.84. The smallest absolute Gasteiger partial charge is 0.147 e. The Kier molecular flexibility index (Phi) is 3.59. The minimum atomic E-state index is 0.352. The summed E-state index contributed by atoms with van der Waals surface area (Å²) in [6, 6.07) is 5.21. The SMILES string of the molecule is ClCc1cc(Oc2cncc(Cl)c2)ccn1. The predicted molar refractivity (Wildman–Crippen MR) is 63.1 cm³/mol. The fourth-order valence-electron chi connectivity index (χ4n) is 1.18. The second-order valence-corrected chi connectivity index (χ2v) is 3.76. The highest BCUT2D eigenvalue weighted by molar-refractivity contribution is 6.30. The molecule has 2 heterocycles. The van der Waals surface area contributed by atoms with Crippen molar-refractivity contribution in [2.75, 3.05) is 0 Å². The van der Waals surface area contributed by atoms with Gasteiger partial charge in [0.2, 0.25) is 0 Å². The zero-order valence-electron chi connectivity index (χ0n) is 8.23. The van der Waals surface area contributed by atoms with Gasteiger partial charge in [-0.3, -0.25) is 9.97 Å². The molecule has 82 valence electrons. The van der Waals surface area contributed by atoms with Crippen molar-refractivity contribution in [2.24, 2.45) is 0 Å². The molecular weight excluding hydrogens is 247 g/mol. The Bertz CT molecular complexity index is 491. The maximum atomic E-state index is 5.79. The van der Waals surface area contributed by atoms with Gasteiger partial charge in [0, 0.05) is 24.5 Å². The summed E-state index contributed by atoms with van der Waals surface area (Å²) in [6.45, 7) is 0. The molecule has 0 aliphatic rings. The van der Waals surface area contributed by atoms with Gasteiger partial charge in [-0.2, -0.15) is 0 Å². The molecule has 0 radical (unpaired) electrons. The molecule has 0 saturated heterocycles. The van der Waals surface area contributed by atoms with Crippen LogP contribution in [-0.4, -0.2) is 9.97 Å². The van der Waals surface area contributed by atoms with Gasteiger partial charge < -0.3 is 4.74 Å². The highest BCUT2D eigenvalue weighted by atomic mass is 35.5. The molecule has 5 heteroatoms. The van der Waals surface area contributed by atoms with E-state index < -0.39 is 0 Å². The lowest BCUT2D eigenvalue weighted by molar-refractivity contribution is 0.479. The molecule has 0 unspecified atom stereocenters. The lowest BCUT2D eigenvalue weighted by Gasteiger charge is -2.05. The average Bonchev–Trinajstić information content (AvgIpc) is 2.29. The molecule has 0 N–H and O–H groups in total. The molecule has 0 fully saturated rings. The third-order valence-corrected chi connectivity index (χ3v) is 2.32. The van der Waals surface area contributed by atoms with Crippen molar-refractivity contribution in [3.05, 3.63) is 47.5 Å². The Hall–Kier alpha value is -1.32. The van der Waals surface area contributed by atoms with Crippen molar-refractivity contribution in [3.8, 4) is 11.5 Å². The van der Waals surface area contributed by atoms with Crippen molar-refractivity contribution >= 4 is 23.2 Å². The van der Waals surface area contributed by atoms with Crippen LogP contribution in [0.3, 0.4) is 0 Å². The van der Waals surface area contributed by atoms with Crippen molar-refractivity contribution in [3.63, 3.8) is 0 Å². The summed E-state index contributed by atoms with van der Waals surface area (Å²) in [4.78, 5) is 7.99. The van der Waals surface area contributed by atoms with Gasteiger partial charge in [0.15, 0.2) is 0 Å². The Morgan fingerprint density at radius 3 is 2.81 bits per heavy atom. The van der Waals surface area contributed by atoms with Gasteiger partial charge in [-0.25, -0.2) is 0 Å². The monoisotopic (exact) mass is 254 g/mol. The molecule has 16 heavy (non-hydrogen) atoms. The average molecular weight is 255 g/mol. The molecule has 2 aromatic rings. The molecule has 2 rings (SSSR count). The molecule has 3 nitrogen and oxygen atoms in total. The van der Waals surface area contributed by atoms with Gasteiger partial charge in [-0.1, -0.05) is 11.6 Å². The van der Waals surface area contributed by atoms with E-state index >= 15 is 0 Å². The summed E-state index contributed by atoms with van der Waals surface area (Å²) in [5.74, 6) is 1.60. The van der Waals surface area contributed by atoms with E-state index in [-0.39, 0.29) is 0 Å². The number of hydrogen-bond donors (Lipinski definition) is 0. The predicted octanol–water partition coefficient (Wildman–Crippen LogP) is 3.66. The second-order valence-electron chi connectivity index (χ2n) is 3.06. The quantitative estimate of drug-likeness (QED) is 0.785. The normalized spacial score (nSPS) is 10.1. The number of aromatic nitrogens is 2. The fourth-order valence-corrected chi connectivity index (χ4v) is 1.49. The van der Waals surface area contributed by atoms with Crippen LogP contribution >= 0.6 is 23.2 Å². The number of nitrogens with zero attached hydrogens (tertiary/aromatic N) is 2. The van der Waals surface area contributed by atoms with Crippen molar-refractivity contribution < 1.29 is 4.74 Å². The zero-order valence-corrected chi connectivity index (χ0v) is 9.74. The number of alkyl halides is 1. The molecule has 0 atom stereocenters. The van der Waals surface area contributed by atoms with Gasteiger partial charge in [0.25, 0.3) is 0 Å². The molecule has 0 bridgehead atoms. The summed E-state index contributed by atoms with van der Waals surface area (Å²) in [7, 11) is 0. The summed E-state index contributed by atoms with van der Waals surface area (Å²) in [6.07, 6.45) is 4.78. The first-order valence-corrected chi connectivity index (χ1v) is 5.48. The van der Waals surface area contributed by atoms with Crippen LogP contribution in [-0.2, 0) is 5.88 Å². The Morgan fingerprint density at radius 2 is 2.06 bits per heavy atom. The van der Waals surface area contributed by atoms with E-state index in [9.17, 15) is 0 Å². The highest BCUT2D eigenvalue weighted by Gasteiger charge is 2.00. The summed E-state index contributed by atoms with van der Waals surface area (Å²) in [5, 5.41) is 0.532. The molecule has 0 saturated carbocycles. The maximum absolute atomic E-state index is 5.79. The van der Waals surface area contributed by atoms with Crippen LogP contribution in [0.5, 0.6) is 11.5 Å². The number of ether oxygens (including phenoxy) is 1. The first-order chi connectivity index (χ1) is 7.78. The second kappa shape index (κ2) is 5.14. The lowest BCUT2D eigenvalue weighted by atomic mass is 10.3. The van der Waals surface area contributed by atoms with Crippen LogP contribution in [0.4, 0.5) is 0 Å². The Morgan fingerprint density at radius 1 is 1.19 bits per heavy atom. The first kappa shape index (κ1) is 11.2. The minimum Gasteiger partial charge on any atom is -0.456 e. The molecule has 2 aromatic heterocycles. The number of halogens is 2. The van der Waals surface area contributed by atoms with E-state index in [1.807, 2.05) is 0 Å². The van der Waals surface area contributed by atoms with Crippen LogP contribution in [0.2, 0.25) is 5.02 Å². The van der Waals surface area contributed by atoms with Crippen LogP contribution in [0, 0.1) is 0 Å². The van der Waals surface area contributed by atoms with Crippen molar-refractivity contribution in [1.29, 1.82) is 0 Å². The summed E-state index contributed by atoms with van der Waals surface area (Å²) < 4.78 is 5.56. The van der Waals surface area contributed by atoms with Crippen molar-refractivity contribution in [1.82, 2.24) is 9.97 Å². The van der Waals surface area contributed by atoms with E-state index in [1.165, 1.54) is 0 Å². The Labute approximate surface area is 103 Å². The number of pyridine rings is 2. The van der Waals surface area contributed by atoms with Gasteiger partial charge in [0.05, 0.1) is 22.8 Å². The van der Waals surface area contributed by atoms with Gasteiger partial charge in [-0.05, 0) is 6.07 Å². The summed E-state index contributed by atoms with van der Waals surface area (Å²) in [5.41, 5.74) is 0.758. The van der Waals surface area contributed by atoms with Gasteiger partial charge in [-0.15, -0.1) is 11.6 Å². The molecular formula is C11H8Cl2N2O. The lowest BCUT2D eigenvalue weighted by Crippen LogP contribution is -1.89. The first-order valence-electron chi connectivity index (χ1n) is 4.57. The van der Waals surface area contributed by atoms with Crippen LogP contribution in [0.15, 0.2) is 36.8 Å². The van der Waals surface area contributed by atoms with Crippen LogP contribution in [0.25, 0.3) is 0 Å². The largest absolute Gasteiger partial charge is 0.456 e. The van der Waals surface area contributed by atoms with Gasteiger partial charge >= 0.3 is 0 Å². The number of rotatable bonds is 3. The van der Waals surface area contributed by atoms with Crippen LogP contribution < -0.4 is 4.74 Å². The zero-order chi connectivity index (χ0) is 11.4. The van der Waals surface area contributed by atoms with E-state index in [2.05, 4.69) is 9.97 Å². The Balaban J connectivity index is 2.20. The molecule has 0 aliphatic carbocycles. The molecule has 0 amide bonds. The standard InChI is InChI=1S/C11H8Cl2N2O/c12-5-9-4-10(1-2-15-9)16-11-3-8(13)6-14-7-11/h1-4,6-7H,5H2. The fraction of sp³-hybridized carbons (Fsp3) is 0.0909. The van der Waals surface area contributed by atoms with E-state index in [0.717, 1.165) is 5.69 Å². The highest BCUT2D eigenvalue weighted by Crippen LogP contribution is 2.23. The van der Waals surface area contributed by atoms with E-state index in [4.69, 9.17) is 27.9 Å². The van der Waals surface area contributed by atoms with Crippen LogP contribution in [0.1, 0.15) is 5.69 Å². The third-order valence-electron chi connectivity index (χ3n) is 1.84. The topological polar surface area (TPSA) is 35.0 Å². The number of hydrogen-bond acceptors (Lipinski definition) is 3. The van der Waals surface area contributed by atoms with Crippen molar-refractivity contribution in [2.45, 2.75) is 5.88 Å². The van der Waals surface area contributed by atoms with Gasteiger partial charge in [0.1, 0.15) is 11.5 Å².